The largest absolute Gasteiger partial charge is 0.418 e. The highest BCUT2D eigenvalue weighted by Gasteiger charge is 2.34. The molecule has 210 valence electrons. The van der Waals surface area contributed by atoms with Gasteiger partial charge in [-0.05, 0) is 87.4 Å². The third kappa shape index (κ3) is 6.04. The molecule has 1 aliphatic rings. The van der Waals surface area contributed by atoms with Crippen molar-refractivity contribution in [2.45, 2.75) is 44.5 Å². The van der Waals surface area contributed by atoms with Crippen molar-refractivity contribution in [1.29, 1.82) is 0 Å². The number of pyridine rings is 1. The van der Waals surface area contributed by atoms with E-state index in [1.807, 2.05) is 0 Å². The average Bonchev–Trinajstić information content (AvgIpc) is 2.92. The monoisotopic (exact) mass is 559 g/mol. The molecular formula is C29H27F6N5. The molecule has 2 aromatic heterocycles. The van der Waals surface area contributed by atoms with E-state index in [4.69, 9.17) is 9.97 Å². The Morgan fingerprint density at radius 3 is 2.27 bits per heavy atom. The van der Waals surface area contributed by atoms with Crippen molar-refractivity contribution >= 4 is 22.4 Å². The lowest BCUT2D eigenvalue weighted by atomic mass is 9.95. The fraction of sp³-hybridized carbons (Fsp3) is 0.345. The molecule has 0 bridgehead atoms. The van der Waals surface area contributed by atoms with Crippen molar-refractivity contribution < 1.29 is 26.3 Å². The Labute approximate surface area is 227 Å². The zero-order valence-electron chi connectivity index (χ0n) is 21.7. The SMILES string of the molecule is CCCN1CCC(c2nc(Nc3ccc(C(F)(F)F)cc3)c3ccc(-c4ncccc4C(F)(F)F)cc3n2)CC1. The van der Waals surface area contributed by atoms with E-state index in [0.29, 0.717) is 28.2 Å². The van der Waals surface area contributed by atoms with Crippen molar-refractivity contribution in [2.24, 2.45) is 0 Å². The topological polar surface area (TPSA) is 53.9 Å². The summed E-state index contributed by atoms with van der Waals surface area (Å²) in [7, 11) is 0. The Kier molecular flexibility index (Phi) is 7.67. The summed E-state index contributed by atoms with van der Waals surface area (Å²) >= 11 is 0. The lowest BCUT2D eigenvalue weighted by Gasteiger charge is -2.31. The zero-order chi connectivity index (χ0) is 28.5. The second kappa shape index (κ2) is 11.0. The maximum absolute atomic E-state index is 13.7. The van der Waals surface area contributed by atoms with Crippen molar-refractivity contribution in [3.05, 3.63) is 77.7 Å². The van der Waals surface area contributed by atoms with Crippen LogP contribution in [0.15, 0.2) is 60.8 Å². The molecule has 4 aromatic rings. The molecule has 0 unspecified atom stereocenters. The van der Waals surface area contributed by atoms with Gasteiger partial charge in [-0.3, -0.25) is 4.98 Å². The molecule has 1 saturated heterocycles. The molecule has 0 saturated carbocycles. The van der Waals surface area contributed by atoms with E-state index >= 15 is 0 Å². The van der Waals surface area contributed by atoms with Gasteiger partial charge in [0, 0.05) is 28.8 Å². The standard InChI is InChI=1S/C29H27F6N5/c1-2-14-40-15-11-18(12-16-40)26-38-24-17-19(25-23(29(33,34)35)4-3-13-36-25)5-10-22(24)27(39-26)37-21-8-6-20(7-9-21)28(30,31)32/h3-10,13,17-18H,2,11-12,14-16H2,1H3,(H,37,38,39). The maximum Gasteiger partial charge on any atom is 0.418 e. The second-order valence-electron chi connectivity index (χ2n) is 9.88. The summed E-state index contributed by atoms with van der Waals surface area (Å²) in [6.45, 7) is 4.89. The van der Waals surface area contributed by atoms with Crippen LogP contribution in [-0.4, -0.2) is 39.5 Å². The Balaban J connectivity index is 1.56. The number of fused-ring (bicyclic) bond motifs is 1. The lowest BCUT2D eigenvalue weighted by Crippen LogP contribution is -2.34. The minimum absolute atomic E-state index is 0.0369. The van der Waals surface area contributed by atoms with Crippen molar-refractivity contribution in [3.8, 4) is 11.3 Å². The molecule has 5 nitrogen and oxygen atoms in total. The molecule has 11 heteroatoms. The number of anilines is 2. The highest BCUT2D eigenvalue weighted by molar-refractivity contribution is 5.93. The summed E-state index contributed by atoms with van der Waals surface area (Å²) < 4.78 is 80.2. The number of rotatable bonds is 6. The molecule has 3 heterocycles. The van der Waals surface area contributed by atoms with Gasteiger partial charge in [0.1, 0.15) is 11.6 Å². The van der Waals surface area contributed by atoms with Crippen LogP contribution in [0.5, 0.6) is 0 Å². The molecular weight excluding hydrogens is 532 g/mol. The molecule has 0 radical (unpaired) electrons. The van der Waals surface area contributed by atoms with Crippen molar-refractivity contribution in [2.75, 3.05) is 25.0 Å². The van der Waals surface area contributed by atoms with Crippen LogP contribution in [0.3, 0.4) is 0 Å². The summed E-state index contributed by atoms with van der Waals surface area (Å²) in [6.07, 6.45) is -5.04. The van der Waals surface area contributed by atoms with Crippen LogP contribution in [0.1, 0.15) is 49.1 Å². The van der Waals surface area contributed by atoms with Crippen LogP contribution >= 0.6 is 0 Å². The minimum Gasteiger partial charge on any atom is -0.340 e. The molecule has 0 spiro atoms. The van der Waals surface area contributed by atoms with Gasteiger partial charge in [0.05, 0.1) is 22.3 Å². The number of benzene rings is 2. The molecule has 0 atom stereocenters. The number of likely N-dealkylation sites (tertiary alicyclic amines) is 1. The number of hydrogen-bond acceptors (Lipinski definition) is 5. The Bertz CT molecular complexity index is 1480. The fourth-order valence-corrected chi connectivity index (χ4v) is 5.05. The van der Waals surface area contributed by atoms with E-state index in [2.05, 4.69) is 22.1 Å². The van der Waals surface area contributed by atoms with E-state index in [1.165, 1.54) is 30.5 Å². The first-order valence-electron chi connectivity index (χ1n) is 13.0. The summed E-state index contributed by atoms with van der Waals surface area (Å²) in [6, 6.07) is 11.5. The Hall–Kier alpha value is -3.73. The van der Waals surface area contributed by atoms with Crippen LogP contribution in [0.2, 0.25) is 0 Å². The first-order chi connectivity index (χ1) is 19.0. The van der Waals surface area contributed by atoms with Crippen LogP contribution in [0.25, 0.3) is 22.2 Å². The minimum atomic E-state index is -4.59. The first-order valence-corrected chi connectivity index (χ1v) is 13.0. The van der Waals surface area contributed by atoms with Crippen LogP contribution in [-0.2, 0) is 12.4 Å². The van der Waals surface area contributed by atoms with Crippen LogP contribution < -0.4 is 5.32 Å². The fourth-order valence-electron chi connectivity index (χ4n) is 5.05. The second-order valence-corrected chi connectivity index (χ2v) is 9.88. The number of nitrogens with zero attached hydrogens (tertiary/aromatic N) is 4. The molecule has 1 N–H and O–H groups in total. The van der Waals surface area contributed by atoms with Crippen LogP contribution in [0, 0.1) is 0 Å². The highest BCUT2D eigenvalue weighted by atomic mass is 19.4. The van der Waals surface area contributed by atoms with E-state index < -0.39 is 23.5 Å². The highest BCUT2D eigenvalue weighted by Crippen LogP contribution is 2.38. The summed E-state index contributed by atoms with van der Waals surface area (Å²) in [5, 5.41) is 3.63. The predicted molar refractivity (Wildman–Crippen MR) is 141 cm³/mol. The first kappa shape index (κ1) is 27.8. The molecule has 0 amide bonds. The third-order valence-corrected chi connectivity index (χ3v) is 7.07. The van der Waals surface area contributed by atoms with Gasteiger partial charge in [-0.25, -0.2) is 9.97 Å². The molecule has 5 rings (SSSR count). The summed E-state index contributed by atoms with van der Waals surface area (Å²) in [4.78, 5) is 15.9. The molecule has 1 fully saturated rings. The summed E-state index contributed by atoms with van der Waals surface area (Å²) in [5.41, 5.74) is -0.761. The quantitative estimate of drug-likeness (QED) is 0.242. The van der Waals surface area contributed by atoms with Gasteiger partial charge in [0.25, 0.3) is 0 Å². The summed E-state index contributed by atoms with van der Waals surface area (Å²) in [5.74, 6) is 0.960. The van der Waals surface area contributed by atoms with E-state index in [9.17, 15) is 26.3 Å². The maximum atomic E-state index is 13.7. The van der Waals surface area contributed by atoms with Gasteiger partial charge < -0.3 is 10.2 Å². The molecule has 1 aliphatic heterocycles. The van der Waals surface area contributed by atoms with Gasteiger partial charge in [0.15, 0.2) is 0 Å². The normalized spacial score (nSPS) is 15.5. The molecule has 40 heavy (non-hydrogen) atoms. The van der Waals surface area contributed by atoms with Crippen LogP contribution in [0.4, 0.5) is 37.8 Å². The zero-order valence-corrected chi connectivity index (χ0v) is 21.7. The lowest BCUT2D eigenvalue weighted by molar-refractivity contribution is -0.138. The number of piperidine rings is 1. The molecule has 2 aromatic carbocycles. The van der Waals surface area contributed by atoms with E-state index in [0.717, 1.165) is 57.1 Å². The van der Waals surface area contributed by atoms with E-state index in [-0.39, 0.29) is 17.2 Å². The molecule has 0 aliphatic carbocycles. The van der Waals surface area contributed by atoms with Gasteiger partial charge in [0.2, 0.25) is 0 Å². The Morgan fingerprint density at radius 1 is 0.900 bits per heavy atom. The average molecular weight is 560 g/mol. The Morgan fingerprint density at radius 2 is 1.62 bits per heavy atom. The third-order valence-electron chi connectivity index (χ3n) is 7.07. The van der Waals surface area contributed by atoms with Gasteiger partial charge >= 0.3 is 12.4 Å². The number of hydrogen-bond donors (Lipinski definition) is 1. The van der Waals surface area contributed by atoms with E-state index in [1.54, 1.807) is 12.1 Å². The number of alkyl halides is 6. The van der Waals surface area contributed by atoms with Gasteiger partial charge in [-0.2, -0.15) is 26.3 Å². The predicted octanol–water partition coefficient (Wildman–Crippen LogP) is 8.06. The number of aromatic nitrogens is 3. The van der Waals surface area contributed by atoms with Gasteiger partial charge in [-0.15, -0.1) is 0 Å². The number of halogens is 6. The smallest absolute Gasteiger partial charge is 0.340 e. The van der Waals surface area contributed by atoms with Gasteiger partial charge in [-0.1, -0.05) is 13.0 Å². The van der Waals surface area contributed by atoms with Crippen molar-refractivity contribution in [1.82, 2.24) is 19.9 Å². The number of nitrogens with one attached hydrogen (secondary N) is 1. The van der Waals surface area contributed by atoms with Crippen molar-refractivity contribution in [3.63, 3.8) is 0 Å².